The first kappa shape index (κ1) is 13.8. The normalized spacial score (nSPS) is 12.5. The van der Waals surface area contributed by atoms with Crippen molar-refractivity contribution in [1.82, 2.24) is 0 Å². The monoisotopic (exact) mass is 252 g/mol. The van der Waals surface area contributed by atoms with E-state index in [1.165, 1.54) is 11.8 Å². The van der Waals surface area contributed by atoms with Crippen molar-refractivity contribution in [3.63, 3.8) is 0 Å². The minimum atomic E-state index is -0.836. The standard InChI is InChI=1S/C13H16O3S/c1-8(2)12(14)10-4-6-11(7-5-10)17-9(3)13(15)16/h4-9H,1-3H3,(H,15,16). The number of hydrogen-bond acceptors (Lipinski definition) is 3. The maximum atomic E-state index is 11.7. The Kier molecular flexibility index (Phi) is 4.75. The summed E-state index contributed by atoms with van der Waals surface area (Å²) in [6, 6.07) is 7.08. The fourth-order valence-corrected chi connectivity index (χ4v) is 2.09. The van der Waals surface area contributed by atoms with Crippen molar-refractivity contribution in [2.75, 3.05) is 0 Å². The molecule has 0 aliphatic carbocycles. The molecule has 17 heavy (non-hydrogen) atoms. The van der Waals surface area contributed by atoms with Crippen LogP contribution in [0.1, 0.15) is 31.1 Å². The van der Waals surface area contributed by atoms with Gasteiger partial charge in [0.1, 0.15) is 5.25 Å². The van der Waals surface area contributed by atoms with Gasteiger partial charge >= 0.3 is 5.97 Å². The maximum Gasteiger partial charge on any atom is 0.316 e. The molecule has 0 aliphatic rings. The molecule has 1 atom stereocenters. The highest BCUT2D eigenvalue weighted by molar-refractivity contribution is 8.00. The number of carbonyl (C=O) groups excluding carboxylic acids is 1. The number of carboxylic acid groups (broad SMARTS) is 1. The van der Waals surface area contributed by atoms with Gasteiger partial charge in [0, 0.05) is 16.4 Å². The van der Waals surface area contributed by atoms with Crippen molar-refractivity contribution in [2.24, 2.45) is 5.92 Å². The van der Waals surface area contributed by atoms with Crippen LogP contribution in [0.25, 0.3) is 0 Å². The van der Waals surface area contributed by atoms with Gasteiger partial charge in [0.2, 0.25) is 0 Å². The maximum absolute atomic E-state index is 11.7. The molecule has 1 N–H and O–H groups in total. The molecule has 0 radical (unpaired) electrons. The SMILES string of the molecule is CC(C)C(=O)c1ccc(SC(C)C(=O)O)cc1. The minimum absolute atomic E-state index is 0.0218. The first-order valence-electron chi connectivity index (χ1n) is 5.45. The van der Waals surface area contributed by atoms with E-state index in [0.717, 1.165) is 4.90 Å². The second-order valence-corrected chi connectivity index (χ2v) is 5.56. The summed E-state index contributed by atoms with van der Waals surface area (Å²) in [6.45, 7) is 5.36. The van der Waals surface area contributed by atoms with Crippen LogP contribution < -0.4 is 0 Å². The third-order valence-corrected chi connectivity index (χ3v) is 3.42. The van der Waals surface area contributed by atoms with Crippen LogP contribution in [-0.2, 0) is 4.79 Å². The molecule has 0 spiro atoms. The third-order valence-electron chi connectivity index (χ3n) is 2.32. The molecule has 1 aromatic carbocycles. The highest BCUT2D eigenvalue weighted by atomic mass is 32.2. The second-order valence-electron chi connectivity index (χ2n) is 4.14. The van der Waals surface area contributed by atoms with Gasteiger partial charge < -0.3 is 5.11 Å². The molecule has 3 nitrogen and oxygen atoms in total. The van der Waals surface area contributed by atoms with Gasteiger partial charge in [-0.3, -0.25) is 9.59 Å². The van der Waals surface area contributed by atoms with E-state index in [9.17, 15) is 9.59 Å². The summed E-state index contributed by atoms with van der Waals surface area (Å²) >= 11 is 1.27. The molecule has 92 valence electrons. The topological polar surface area (TPSA) is 54.4 Å². The number of carboxylic acids is 1. The van der Waals surface area contributed by atoms with E-state index in [4.69, 9.17) is 5.11 Å². The molecule has 0 saturated carbocycles. The molecule has 0 bridgehead atoms. The lowest BCUT2D eigenvalue weighted by atomic mass is 10.0. The van der Waals surface area contributed by atoms with Crippen LogP contribution in [0.5, 0.6) is 0 Å². The lowest BCUT2D eigenvalue weighted by molar-refractivity contribution is -0.136. The van der Waals surface area contributed by atoms with Gasteiger partial charge in [-0.15, -0.1) is 11.8 Å². The Hall–Kier alpha value is -1.29. The first-order valence-corrected chi connectivity index (χ1v) is 6.33. The number of rotatable bonds is 5. The molecule has 0 fully saturated rings. The van der Waals surface area contributed by atoms with Gasteiger partial charge in [-0.1, -0.05) is 26.0 Å². The molecule has 1 aromatic rings. The molecular formula is C13H16O3S. The number of hydrogen-bond donors (Lipinski definition) is 1. The van der Waals surface area contributed by atoms with Crippen LogP contribution in [-0.4, -0.2) is 22.1 Å². The van der Waals surface area contributed by atoms with Gasteiger partial charge in [0.05, 0.1) is 0 Å². The van der Waals surface area contributed by atoms with Gasteiger partial charge in [-0.05, 0) is 19.1 Å². The molecule has 0 heterocycles. The average molecular weight is 252 g/mol. The predicted molar refractivity (Wildman–Crippen MR) is 68.6 cm³/mol. The van der Waals surface area contributed by atoms with Gasteiger partial charge in [0.25, 0.3) is 0 Å². The number of ketones is 1. The summed E-state index contributed by atoms with van der Waals surface area (Å²) in [5.41, 5.74) is 0.673. The van der Waals surface area contributed by atoms with Crippen LogP contribution in [0.2, 0.25) is 0 Å². The number of benzene rings is 1. The second kappa shape index (κ2) is 5.87. The van der Waals surface area contributed by atoms with Crippen LogP contribution in [0, 0.1) is 5.92 Å². The molecule has 0 saturated heterocycles. The third kappa shape index (κ3) is 3.89. The lowest BCUT2D eigenvalue weighted by Crippen LogP contribution is -2.11. The van der Waals surface area contributed by atoms with Crippen molar-refractivity contribution < 1.29 is 14.7 Å². The van der Waals surface area contributed by atoms with E-state index in [2.05, 4.69) is 0 Å². The smallest absolute Gasteiger partial charge is 0.316 e. The van der Waals surface area contributed by atoms with Crippen molar-refractivity contribution in [2.45, 2.75) is 30.9 Å². The predicted octanol–water partition coefficient (Wildman–Crippen LogP) is 3.09. The summed E-state index contributed by atoms with van der Waals surface area (Å²) in [5, 5.41) is 8.30. The zero-order chi connectivity index (χ0) is 13.0. The molecule has 0 aliphatic heterocycles. The summed E-state index contributed by atoms with van der Waals surface area (Å²) < 4.78 is 0. The lowest BCUT2D eigenvalue weighted by Gasteiger charge is -2.07. The van der Waals surface area contributed by atoms with E-state index < -0.39 is 11.2 Å². The van der Waals surface area contributed by atoms with Crippen molar-refractivity contribution >= 4 is 23.5 Å². The summed E-state index contributed by atoms with van der Waals surface area (Å²) in [4.78, 5) is 23.2. The Bertz CT molecular complexity index is 409. The minimum Gasteiger partial charge on any atom is -0.480 e. The number of carbonyl (C=O) groups is 2. The molecule has 1 rings (SSSR count). The molecule has 0 aromatic heterocycles. The van der Waals surface area contributed by atoms with E-state index in [-0.39, 0.29) is 11.7 Å². The zero-order valence-electron chi connectivity index (χ0n) is 10.1. The average Bonchev–Trinajstić information content (AvgIpc) is 2.28. The highest BCUT2D eigenvalue weighted by Gasteiger charge is 2.13. The van der Waals surface area contributed by atoms with Crippen molar-refractivity contribution in [3.8, 4) is 0 Å². The fourth-order valence-electron chi connectivity index (χ4n) is 1.29. The number of Topliss-reactive ketones (excluding diaryl/α,β-unsaturated/α-hetero) is 1. The van der Waals surface area contributed by atoms with Crippen molar-refractivity contribution in [3.05, 3.63) is 29.8 Å². The van der Waals surface area contributed by atoms with E-state index in [0.29, 0.717) is 5.56 Å². The van der Waals surface area contributed by atoms with Gasteiger partial charge in [-0.25, -0.2) is 0 Å². The van der Waals surface area contributed by atoms with Crippen LogP contribution in [0.15, 0.2) is 29.2 Å². The Morgan fingerprint density at radius 1 is 1.12 bits per heavy atom. The van der Waals surface area contributed by atoms with E-state index in [1.807, 2.05) is 13.8 Å². The Labute approximate surface area is 105 Å². The number of thioether (sulfide) groups is 1. The molecule has 0 amide bonds. The Balaban J connectivity index is 2.75. The van der Waals surface area contributed by atoms with Crippen LogP contribution in [0.3, 0.4) is 0 Å². The van der Waals surface area contributed by atoms with E-state index >= 15 is 0 Å². The van der Waals surface area contributed by atoms with Crippen molar-refractivity contribution in [1.29, 1.82) is 0 Å². The summed E-state index contributed by atoms with van der Waals surface area (Å²) in [6.07, 6.45) is 0. The number of aliphatic carboxylic acids is 1. The van der Waals surface area contributed by atoms with Crippen LogP contribution in [0.4, 0.5) is 0 Å². The highest BCUT2D eigenvalue weighted by Crippen LogP contribution is 2.24. The van der Waals surface area contributed by atoms with Gasteiger partial charge in [-0.2, -0.15) is 0 Å². The fraction of sp³-hybridized carbons (Fsp3) is 0.385. The van der Waals surface area contributed by atoms with Crippen LogP contribution >= 0.6 is 11.8 Å². The summed E-state index contributed by atoms with van der Waals surface area (Å²) in [7, 11) is 0. The Morgan fingerprint density at radius 2 is 1.65 bits per heavy atom. The summed E-state index contributed by atoms with van der Waals surface area (Å²) in [5.74, 6) is -0.753. The molecular weight excluding hydrogens is 236 g/mol. The zero-order valence-corrected chi connectivity index (χ0v) is 11.0. The van der Waals surface area contributed by atoms with Gasteiger partial charge in [0.15, 0.2) is 5.78 Å². The Morgan fingerprint density at radius 3 is 2.06 bits per heavy atom. The van der Waals surface area contributed by atoms with E-state index in [1.54, 1.807) is 31.2 Å². The molecule has 4 heteroatoms. The largest absolute Gasteiger partial charge is 0.480 e. The first-order chi connectivity index (χ1) is 7.91. The molecule has 1 unspecified atom stereocenters. The quantitative estimate of drug-likeness (QED) is 0.646.